The van der Waals surface area contributed by atoms with Crippen LogP contribution in [0.3, 0.4) is 0 Å². The summed E-state index contributed by atoms with van der Waals surface area (Å²) in [6.45, 7) is 2.98. The fraction of sp³-hybridized carbons (Fsp3) is 0.278. The maximum Gasteiger partial charge on any atom is 0.0996 e. The molecule has 1 aliphatic heterocycles. The first-order valence-corrected chi connectivity index (χ1v) is 7.28. The Morgan fingerprint density at radius 3 is 2.15 bits per heavy atom. The Morgan fingerprint density at radius 2 is 1.45 bits per heavy atom. The van der Waals surface area contributed by atoms with Crippen LogP contribution in [0.25, 0.3) is 0 Å². The summed E-state index contributed by atoms with van der Waals surface area (Å²) in [6, 6.07) is 21.3. The van der Waals surface area contributed by atoms with Crippen molar-refractivity contribution < 1.29 is 0 Å². The van der Waals surface area contributed by atoms with Gasteiger partial charge in [-0.1, -0.05) is 60.7 Å². The molecule has 0 fully saturated rings. The van der Waals surface area contributed by atoms with Gasteiger partial charge in [0.1, 0.15) is 0 Å². The predicted molar refractivity (Wildman–Crippen MR) is 83.9 cm³/mol. The molecule has 0 radical (unpaired) electrons. The zero-order valence-corrected chi connectivity index (χ0v) is 11.7. The van der Waals surface area contributed by atoms with Crippen molar-refractivity contribution in [2.75, 3.05) is 13.1 Å². The van der Waals surface area contributed by atoms with E-state index < -0.39 is 0 Å². The molecule has 2 aromatic carbocycles. The van der Waals surface area contributed by atoms with Crippen molar-refractivity contribution in [3.05, 3.63) is 71.8 Å². The van der Waals surface area contributed by atoms with Gasteiger partial charge in [0.2, 0.25) is 0 Å². The van der Waals surface area contributed by atoms with E-state index in [0.717, 1.165) is 32.5 Å². The Bertz CT molecular complexity index is 560. The van der Waals surface area contributed by atoms with Crippen LogP contribution in [0.4, 0.5) is 0 Å². The Kier molecular flexibility index (Phi) is 4.12. The lowest BCUT2D eigenvalue weighted by molar-refractivity contribution is 0.443. The summed E-state index contributed by atoms with van der Waals surface area (Å²) in [5, 5.41) is 0. The Labute approximate surface area is 120 Å². The number of rotatable bonds is 5. The normalized spacial score (nSPS) is 14.4. The van der Waals surface area contributed by atoms with Gasteiger partial charge in [0.15, 0.2) is 0 Å². The van der Waals surface area contributed by atoms with E-state index in [1.165, 1.54) is 17.0 Å². The highest BCUT2D eigenvalue weighted by atomic mass is 15.2. The van der Waals surface area contributed by atoms with Crippen LogP contribution in [0, 0.1) is 0 Å². The van der Waals surface area contributed by atoms with E-state index in [-0.39, 0.29) is 0 Å². The lowest BCUT2D eigenvalue weighted by Crippen LogP contribution is -2.27. The van der Waals surface area contributed by atoms with E-state index in [4.69, 9.17) is 0 Å². The third-order valence-electron chi connectivity index (χ3n) is 3.73. The van der Waals surface area contributed by atoms with Gasteiger partial charge in [-0.25, -0.2) is 0 Å². The number of nitrogens with zero attached hydrogens (tertiary/aromatic N) is 2. The molecule has 0 unspecified atom stereocenters. The lowest BCUT2D eigenvalue weighted by atomic mass is 10.1. The van der Waals surface area contributed by atoms with Crippen molar-refractivity contribution >= 4 is 5.84 Å². The molecular weight excluding hydrogens is 244 g/mol. The monoisotopic (exact) mass is 264 g/mol. The van der Waals surface area contributed by atoms with E-state index in [2.05, 4.69) is 70.6 Å². The second-order valence-corrected chi connectivity index (χ2v) is 5.19. The molecule has 1 heterocycles. The number of hydrogen-bond donors (Lipinski definition) is 0. The molecule has 3 rings (SSSR count). The van der Waals surface area contributed by atoms with E-state index >= 15 is 0 Å². The molecule has 102 valence electrons. The molecule has 1 aliphatic rings. The van der Waals surface area contributed by atoms with Crippen LogP contribution in [0.1, 0.15) is 17.5 Å². The van der Waals surface area contributed by atoms with Gasteiger partial charge in [0.05, 0.1) is 12.4 Å². The zero-order chi connectivity index (χ0) is 13.6. The van der Waals surface area contributed by atoms with Crippen LogP contribution < -0.4 is 0 Å². The molecule has 0 amide bonds. The SMILES string of the molecule is c1ccc(CCC2=NCCN2Cc2ccccc2)cc1. The van der Waals surface area contributed by atoms with E-state index in [1.807, 2.05) is 0 Å². The molecule has 2 aromatic rings. The Balaban J connectivity index is 1.59. The molecular formula is C18H20N2. The molecule has 0 spiro atoms. The molecule has 0 saturated heterocycles. The number of benzene rings is 2. The molecule has 0 atom stereocenters. The predicted octanol–water partition coefficient (Wildman–Crippen LogP) is 3.53. The summed E-state index contributed by atoms with van der Waals surface area (Å²) < 4.78 is 0. The Hall–Kier alpha value is -2.09. The zero-order valence-electron chi connectivity index (χ0n) is 11.7. The van der Waals surface area contributed by atoms with Crippen LogP contribution in [0.5, 0.6) is 0 Å². The number of amidine groups is 1. The summed E-state index contributed by atoms with van der Waals surface area (Å²) in [6.07, 6.45) is 2.11. The molecule has 0 aromatic heterocycles. The second kappa shape index (κ2) is 6.38. The van der Waals surface area contributed by atoms with Gasteiger partial charge in [0.25, 0.3) is 0 Å². The van der Waals surface area contributed by atoms with Gasteiger partial charge in [-0.3, -0.25) is 4.99 Å². The van der Waals surface area contributed by atoms with Crippen LogP contribution in [0.15, 0.2) is 65.7 Å². The smallest absolute Gasteiger partial charge is 0.0996 e. The summed E-state index contributed by atoms with van der Waals surface area (Å²) in [5.41, 5.74) is 2.75. The molecule has 0 saturated carbocycles. The fourth-order valence-electron chi connectivity index (χ4n) is 2.64. The van der Waals surface area contributed by atoms with Crippen molar-refractivity contribution in [3.63, 3.8) is 0 Å². The summed E-state index contributed by atoms with van der Waals surface area (Å²) >= 11 is 0. The van der Waals surface area contributed by atoms with Crippen molar-refractivity contribution in [3.8, 4) is 0 Å². The molecule has 2 nitrogen and oxygen atoms in total. The third kappa shape index (κ3) is 3.27. The van der Waals surface area contributed by atoms with E-state index in [0.29, 0.717) is 0 Å². The first kappa shape index (κ1) is 12.9. The van der Waals surface area contributed by atoms with Gasteiger partial charge in [0, 0.05) is 19.5 Å². The van der Waals surface area contributed by atoms with Gasteiger partial charge < -0.3 is 4.90 Å². The van der Waals surface area contributed by atoms with E-state index in [9.17, 15) is 0 Å². The highest BCUT2D eigenvalue weighted by Crippen LogP contribution is 2.13. The van der Waals surface area contributed by atoms with Crippen molar-refractivity contribution in [1.29, 1.82) is 0 Å². The minimum atomic E-state index is 0.941. The third-order valence-corrected chi connectivity index (χ3v) is 3.73. The molecule has 0 bridgehead atoms. The fourth-order valence-corrected chi connectivity index (χ4v) is 2.64. The van der Waals surface area contributed by atoms with Crippen molar-refractivity contribution in [2.24, 2.45) is 4.99 Å². The van der Waals surface area contributed by atoms with Crippen LogP contribution >= 0.6 is 0 Å². The average molecular weight is 264 g/mol. The molecule has 20 heavy (non-hydrogen) atoms. The highest BCUT2D eigenvalue weighted by molar-refractivity contribution is 5.83. The van der Waals surface area contributed by atoms with Crippen molar-refractivity contribution in [2.45, 2.75) is 19.4 Å². The van der Waals surface area contributed by atoms with Gasteiger partial charge in [-0.05, 0) is 17.5 Å². The minimum absolute atomic E-state index is 0.941. The van der Waals surface area contributed by atoms with Gasteiger partial charge in [-0.15, -0.1) is 0 Å². The maximum atomic E-state index is 4.67. The van der Waals surface area contributed by atoms with Gasteiger partial charge in [-0.2, -0.15) is 0 Å². The standard InChI is InChI=1S/C18H20N2/c1-3-7-16(8-4-1)11-12-18-19-13-14-20(18)15-17-9-5-2-6-10-17/h1-10H,11-15H2. The van der Waals surface area contributed by atoms with Crippen molar-refractivity contribution in [1.82, 2.24) is 4.90 Å². The number of aliphatic imine (C=N–C) groups is 1. The van der Waals surface area contributed by atoms with Crippen LogP contribution in [-0.2, 0) is 13.0 Å². The average Bonchev–Trinajstić information content (AvgIpc) is 2.94. The largest absolute Gasteiger partial charge is 0.354 e. The number of aryl methyl sites for hydroxylation is 1. The summed E-state index contributed by atoms with van der Waals surface area (Å²) in [4.78, 5) is 7.09. The van der Waals surface area contributed by atoms with Crippen LogP contribution in [0.2, 0.25) is 0 Å². The first-order chi connectivity index (χ1) is 9.92. The quantitative estimate of drug-likeness (QED) is 0.806. The summed E-state index contributed by atoms with van der Waals surface area (Å²) in [7, 11) is 0. The van der Waals surface area contributed by atoms with Crippen LogP contribution in [-0.4, -0.2) is 23.8 Å². The first-order valence-electron chi connectivity index (χ1n) is 7.28. The summed E-state index contributed by atoms with van der Waals surface area (Å²) in [5.74, 6) is 1.26. The topological polar surface area (TPSA) is 15.6 Å². The van der Waals surface area contributed by atoms with Gasteiger partial charge >= 0.3 is 0 Å². The minimum Gasteiger partial charge on any atom is -0.354 e. The number of hydrogen-bond acceptors (Lipinski definition) is 2. The second-order valence-electron chi connectivity index (χ2n) is 5.19. The highest BCUT2D eigenvalue weighted by Gasteiger charge is 2.16. The molecule has 0 N–H and O–H groups in total. The lowest BCUT2D eigenvalue weighted by Gasteiger charge is -2.20. The van der Waals surface area contributed by atoms with E-state index in [1.54, 1.807) is 0 Å². The maximum absolute atomic E-state index is 4.67. The Morgan fingerprint density at radius 1 is 0.800 bits per heavy atom. The molecule has 2 heteroatoms. The molecule has 0 aliphatic carbocycles.